The van der Waals surface area contributed by atoms with Crippen molar-refractivity contribution in [2.45, 2.75) is 6.54 Å². The summed E-state index contributed by atoms with van der Waals surface area (Å²) in [7, 11) is 1.67. The van der Waals surface area contributed by atoms with Gasteiger partial charge in [0.05, 0.1) is 19.2 Å². The molecule has 3 rings (SSSR count). The summed E-state index contributed by atoms with van der Waals surface area (Å²) < 4.78 is 8.15. The summed E-state index contributed by atoms with van der Waals surface area (Å²) in [4.78, 5) is 3.22. The van der Waals surface area contributed by atoms with Gasteiger partial charge in [0.1, 0.15) is 11.3 Å². The zero-order valence-electron chi connectivity index (χ0n) is 10.6. The number of benzene rings is 2. The molecule has 0 atom stereocenters. The summed E-state index contributed by atoms with van der Waals surface area (Å²) in [5, 5.41) is 0. The highest BCUT2D eigenvalue weighted by Gasteiger charge is 2.08. The number of methoxy groups -OCH3 is 1. The lowest BCUT2D eigenvalue weighted by atomic mass is 10.2. The lowest BCUT2D eigenvalue weighted by molar-refractivity contribution is 0.419. The van der Waals surface area contributed by atoms with Gasteiger partial charge in [0.25, 0.3) is 0 Å². The number of H-pyrrole nitrogens is 1. The first-order chi connectivity index (χ1) is 9.29. The third-order valence-corrected chi connectivity index (χ3v) is 3.50. The molecule has 0 radical (unpaired) electrons. The highest BCUT2D eigenvalue weighted by Crippen LogP contribution is 2.25. The molecule has 2 aromatic carbocycles. The third kappa shape index (κ3) is 2.15. The van der Waals surface area contributed by atoms with Crippen molar-refractivity contribution in [1.82, 2.24) is 9.55 Å². The molecule has 0 bridgehead atoms. The topological polar surface area (TPSA) is 29.9 Å². The molecule has 0 aliphatic rings. The van der Waals surface area contributed by atoms with E-state index in [0.717, 1.165) is 23.3 Å². The van der Waals surface area contributed by atoms with Gasteiger partial charge in [-0.15, -0.1) is 0 Å². The van der Waals surface area contributed by atoms with Crippen molar-refractivity contribution in [3.8, 4) is 5.75 Å². The second kappa shape index (κ2) is 4.90. The molecule has 1 N–H and O–H groups in total. The number of nitrogens with zero attached hydrogens (tertiary/aromatic N) is 1. The van der Waals surface area contributed by atoms with Gasteiger partial charge in [-0.25, -0.2) is 0 Å². The first-order valence-electron chi connectivity index (χ1n) is 6.09. The van der Waals surface area contributed by atoms with E-state index in [4.69, 9.17) is 17.0 Å². The van der Waals surface area contributed by atoms with E-state index in [1.54, 1.807) is 7.11 Å². The van der Waals surface area contributed by atoms with Crippen molar-refractivity contribution in [3.63, 3.8) is 0 Å². The van der Waals surface area contributed by atoms with E-state index < -0.39 is 0 Å². The maximum atomic E-state index is 5.41. The molecule has 0 amide bonds. The summed E-state index contributed by atoms with van der Waals surface area (Å²) in [6.45, 7) is 0.757. The molecule has 4 heteroatoms. The molecule has 0 aliphatic heterocycles. The quantitative estimate of drug-likeness (QED) is 0.734. The maximum absolute atomic E-state index is 5.41. The molecule has 0 saturated heterocycles. The van der Waals surface area contributed by atoms with Crippen LogP contribution in [0.25, 0.3) is 11.0 Å². The predicted octanol–water partition coefficient (Wildman–Crippen LogP) is 3.76. The van der Waals surface area contributed by atoms with Gasteiger partial charge in [-0.3, -0.25) is 0 Å². The van der Waals surface area contributed by atoms with Gasteiger partial charge in [0, 0.05) is 0 Å². The number of rotatable bonds is 3. The molecule has 1 heterocycles. The monoisotopic (exact) mass is 270 g/mol. The second-order valence-electron chi connectivity index (χ2n) is 4.36. The average molecular weight is 270 g/mol. The van der Waals surface area contributed by atoms with Crippen molar-refractivity contribution in [2.75, 3.05) is 7.11 Å². The zero-order valence-corrected chi connectivity index (χ0v) is 11.4. The van der Waals surface area contributed by atoms with Crippen molar-refractivity contribution >= 4 is 23.3 Å². The summed E-state index contributed by atoms with van der Waals surface area (Å²) in [5.74, 6) is 0.815. The molecule has 0 aliphatic carbocycles. The van der Waals surface area contributed by atoms with E-state index in [-0.39, 0.29) is 0 Å². The van der Waals surface area contributed by atoms with Crippen molar-refractivity contribution in [2.24, 2.45) is 0 Å². The van der Waals surface area contributed by atoms with Crippen molar-refractivity contribution in [1.29, 1.82) is 0 Å². The van der Waals surface area contributed by atoms with Crippen LogP contribution in [-0.4, -0.2) is 16.7 Å². The highest BCUT2D eigenvalue weighted by atomic mass is 32.1. The number of nitrogens with one attached hydrogen (secondary N) is 1. The molecular formula is C15H14N2OS. The lowest BCUT2D eigenvalue weighted by Gasteiger charge is -2.05. The molecule has 19 heavy (non-hydrogen) atoms. The number of fused-ring (bicyclic) bond motifs is 1. The number of hydrogen-bond donors (Lipinski definition) is 1. The summed E-state index contributed by atoms with van der Waals surface area (Å²) in [6, 6.07) is 16.2. The Morgan fingerprint density at radius 2 is 1.89 bits per heavy atom. The van der Waals surface area contributed by atoms with Crippen LogP contribution in [-0.2, 0) is 6.54 Å². The van der Waals surface area contributed by atoms with E-state index in [1.165, 1.54) is 5.56 Å². The van der Waals surface area contributed by atoms with E-state index in [9.17, 15) is 0 Å². The van der Waals surface area contributed by atoms with Gasteiger partial charge >= 0.3 is 0 Å². The summed E-state index contributed by atoms with van der Waals surface area (Å²) >= 11 is 5.41. The van der Waals surface area contributed by atoms with Gasteiger partial charge in [-0.1, -0.05) is 36.4 Å². The maximum Gasteiger partial charge on any atom is 0.178 e. The Labute approximate surface area is 116 Å². The first-order valence-corrected chi connectivity index (χ1v) is 6.50. The fourth-order valence-corrected chi connectivity index (χ4v) is 2.51. The Kier molecular flexibility index (Phi) is 3.09. The molecule has 3 aromatic rings. The number of para-hydroxylation sites is 1. The Hall–Kier alpha value is -2.07. The molecule has 0 saturated carbocycles. The van der Waals surface area contributed by atoms with Gasteiger partial charge in [0.2, 0.25) is 0 Å². The fraction of sp³-hybridized carbons (Fsp3) is 0.133. The minimum Gasteiger partial charge on any atom is -0.494 e. The first kappa shape index (κ1) is 12.0. The lowest BCUT2D eigenvalue weighted by Crippen LogP contribution is -1.99. The van der Waals surface area contributed by atoms with Crippen LogP contribution in [0.3, 0.4) is 0 Å². The van der Waals surface area contributed by atoms with Crippen LogP contribution < -0.4 is 4.74 Å². The number of imidazole rings is 1. The number of ether oxygens (including phenoxy) is 1. The Balaban J connectivity index is 2.14. The van der Waals surface area contributed by atoms with Crippen LogP contribution in [0.4, 0.5) is 0 Å². The van der Waals surface area contributed by atoms with Gasteiger partial charge < -0.3 is 14.3 Å². The molecule has 0 spiro atoms. The number of hydrogen-bond acceptors (Lipinski definition) is 2. The van der Waals surface area contributed by atoms with Crippen LogP contribution in [0.2, 0.25) is 0 Å². The fourth-order valence-electron chi connectivity index (χ4n) is 2.25. The minimum atomic E-state index is 0.711. The summed E-state index contributed by atoms with van der Waals surface area (Å²) in [5.41, 5.74) is 3.24. The second-order valence-corrected chi connectivity index (χ2v) is 4.74. The van der Waals surface area contributed by atoms with Crippen LogP contribution in [0.15, 0.2) is 48.5 Å². The van der Waals surface area contributed by atoms with Crippen LogP contribution >= 0.6 is 12.2 Å². The highest BCUT2D eigenvalue weighted by molar-refractivity contribution is 7.71. The van der Waals surface area contributed by atoms with Crippen molar-refractivity contribution in [3.05, 3.63) is 58.9 Å². The molecule has 0 unspecified atom stereocenters. The van der Waals surface area contributed by atoms with Gasteiger partial charge in [-0.2, -0.15) is 0 Å². The molecule has 3 nitrogen and oxygen atoms in total. The van der Waals surface area contributed by atoms with E-state index in [1.807, 2.05) is 36.4 Å². The predicted molar refractivity (Wildman–Crippen MR) is 79.2 cm³/mol. The van der Waals surface area contributed by atoms with E-state index in [0.29, 0.717) is 4.77 Å². The number of aromatic amines is 1. The van der Waals surface area contributed by atoms with Crippen LogP contribution in [0.1, 0.15) is 5.56 Å². The molecule has 1 aromatic heterocycles. The third-order valence-electron chi connectivity index (χ3n) is 3.18. The largest absolute Gasteiger partial charge is 0.494 e. The van der Waals surface area contributed by atoms with E-state index in [2.05, 4.69) is 21.7 Å². The van der Waals surface area contributed by atoms with Crippen molar-refractivity contribution < 1.29 is 4.74 Å². The minimum absolute atomic E-state index is 0.711. The smallest absolute Gasteiger partial charge is 0.178 e. The van der Waals surface area contributed by atoms with Crippen LogP contribution in [0, 0.1) is 4.77 Å². The SMILES string of the molecule is COc1cccc2c1[nH]c(=S)n2Cc1ccccc1. The molecule has 0 fully saturated rings. The standard InChI is InChI=1S/C15H14N2OS/c1-18-13-9-5-8-12-14(13)16-15(19)17(12)10-11-6-3-2-4-7-11/h2-9H,10H2,1H3,(H,16,19). The summed E-state index contributed by atoms with van der Waals surface area (Å²) in [6.07, 6.45) is 0. The number of aromatic nitrogens is 2. The Morgan fingerprint density at radius 3 is 2.63 bits per heavy atom. The average Bonchev–Trinajstić information content (AvgIpc) is 2.76. The Morgan fingerprint density at radius 1 is 1.11 bits per heavy atom. The van der Waals surface area contributed by atoms with Gasteiger partial charge in [-0.05, 0) is 29.9 Å². The molecular weight excluding hydrogens is 256 g/mol. The Bertz CT molecular complexity index is 759. The normalized spacial score (nSPS) is 10.8. The van der Waals surface area contributed by atoms with E-state index >= 15 is 0 Å². The molecule has 96 valence electrons. The van der Waals surface area contributed by atoms with Crippen LogP contribution in [0.5, 0.6) is 5.75 Å². The van der Waals surface area contributed by atoms with Gasteiger partial charge in [0.15, 0.2) is 4.77 Å². The zero-order chi connectivity index (χ0) is 13.2.